The van der Waals surface area contributed by atoms with Crippen LogP contribution in [0.3, 0.4) is 0 Å². The number of pyridine rings is 1. The van der Waals surface area contributed by atoms with Crippen LogP contribution < -0.4 is 11.3 Å². The number of aryl methyl sites for hydroxylation is 1. The van der Waals surface area contributed by atoms with E-state index in [1.165, 1.54) is 0 Å². The molecular weight excluding hydrogens is 531 g/mol. The molecule has 5 rings (SSSR count). The van der Waals surface area contributed by atoms with Gasteiger partial charge in [0.15, 0.2) is 11.4 Å². The lowest BCUT2D eigenvalue weighted by atomic mass is 9.85. The van der Waals surface area contributed by atoms with Crippen molar-refractivity contribution in [2.45, 2.75) is 49.1 Å². The molecule has 7 nitrogen and oxygen atoms in total. The molecule has 0 saturated carbocycles. The molecule has 0 radical (unpaired) electrons. The third kappa shape index (κ3) is 4.87. The van der Waals surface area contributed by atoms with Gasteiger partial charge in [-0.05, 0) is 43.5 Å². The first-order valence-electron chi connectivity index (χ1n) is 12.3. The minimum Gasteiger partial charge on any atom is -0.502 e. The van der Waals surface area contributed by atoms with E-state index >= 15 is 0 Å². The topological polar surface area (TPSA) is 102 Å². The lowest BCUT2D eigenvalue weighted by Gasteiger charge is -2.33. The van der Waals surface area contributed by atoms with E-state index in [9.17, 15) is 27.9 Å². The van der Waals surface area contributed by atoms with Crippen molar-refractivity contribution < 1.29 is 27.5 Å². The molecule has 0 fully saturated rings. The summed E-state index contributed by atoms with van der Waals surface area (Å²) >= 11 is 1.63. The summed E-state index contributed by atoms with van der Waals surface area (Å²) < 4.78 is 48.7. The highest BCUT2D eigenvalue weighted by Gasteiger charge is 2.43. The summed E-state index contributed by atoms with van der Waals surface area (Å²) in [6.07, 6.45) is -3.62. The maximum atomic E-state index is 14.0. The lowest BCUT2D eigenvalue weighted by molar-refractivity contribution is -0.172. The largest absolute Gasteiger partial charge is 0.502 e. The number of hydrogen-bond acceptors (Lipinski definition) is 6. The number of thioether (sulfide) groups is 1. The van der Waals surface area contributed by atoms with Crippen molar-refractivity contribution in [1.82, 2.24) is 9.58 Å². The third-order valence-electron chi connectivity index (χ3n) is 7.13. The molecule has 4 aromatic rings. The smallest absolute Gasteiger partial charge is 0.408 e. The Morgan fingerprint density at radius 1 is 1.26 bits per heavy atom. The van der Waals surface area contributed by atoms with E-state index in [-0.39, 0.29) is 18.9 Å². The van der Waals surface area contributed by atoms with E-state index < -0.39 is 35.0 Å². The number of halogens is 3. The summed E-state index contributed by atoms with van der Waals surface area (Å²) in [5, 5.41) is 11.1. The first kappa shape index (κ1) is 26.7. The van der Waals surface area contributed by atoms with Crippen molar-refractivity contribution in [1.29, 1.82) is 0 Å². The molecule has 3 N–H and O–H groups in total. The van der Waals surface area contributed by atoms with E-state index in [0.29, 0.717) is 26.7 Å². The second-order valence-corrected chi connectivity index (χ2v) is 10.6. The van der Waals surface area contributed by atoms with Crippen LogP contribution >= 0.6 is 11.8 Å². The Kier molecular flexibility index (Phi) is 6.88. The zero-order chi connectivity index (χ0) is 28.1. The van der Waals surface area contributed by atoms with Gasteiger partial charge in [-0.1, -0.05) is 30.3 Å². The molecule has 39 heavy (non-hydrogen) atoms. The van der Waals surface area contributed by atoms with Crippen LogP contribution in [0.25, 0.3) is 11.0 Å². The molecule has 2 atom stereocenters. The van der Waals surface area contributed by atoms with Gasteiger partial charge < -0.3 is 20.3 Å². The predicted octanol–water partition coefficient (Wildman–Crippen LogP) is 5.54. The molecule has 11 heteroatoms. The minimum absolute atomic E-state index is 0.123. The normalized spacial score (nSPS) is 15.9. The molecule has 0 saturated heterocycles. The number of alkyl halides is 3. The van der Waals surface area contributed by atoms with E-state index in [4.69, 9.17) is 10.3 Å². The Balaban J connectivity index is 1.61. The standard InChI is InChI=1S/C28H26F3N3O4S/c1-15-13-17-7-8-18-14-39-22-6-4-3-5-19(22)20(23(18)26(17)38-15)9-11-33(16(2)28(29,30)31)27(37)24-25(36)21(35)10-12-34(24)32/h3-8,10,12-13,16,20,36H,9,11,14,32H2,1-2H3/t16-,20-/m1/s1. The second kappa shape index (κ2) is 10.0. The number of aromatic nitrogens is 1. The minimum atomic E-state index is -4.76. The number of carbonyl (C=O) groups is 1. The van der Waals surface area contributed by atoms with E-state index in [1.54, 1.807) is 11.8 Å². The van der Waals surface area contributed by atoms with Gasteiger partial charge in [-0.15, -0.1) is 11.8 Å². The number of hydrogen-bond donors (Lipinski definition) is 2. The zero-order valence-electron chi connectivity index (χ0n) is 21.2. The van der Waals surface area contributed by atoms with Crippen LogP contribution in [0.4, 0.5) is 13.2 Å². The summed E-state index contributed by atoms with van der Waals surface area (Å²) in [5.41, 5.74) is 1.85. The predicted molar refractivity (Wildman–Crippen MR) is 142 cm³/mol. The summed E-state index contributed by atoms with van der Waals surface area (Å²) in [6.45, 7) is 2.38. The monoisotopic (exact) mass is 557 g/mol. The molecule has 2 aromatic carbocycles. The molecule has 1 amide bonds. The van der Waals surface area contributed by atoms with Gasteiger partial charge in [0.1, 0.15) is 17.4 Å². The second-order valence-electron chi connectivity index (χ2n) is 9.58. The molecule has 3 heterocycles. The maximum Gasteiger partial charge on any atom is 0.408 e. The molecule has 0 spiro atoms. The number of nitrogens with zero attached hydrogens (tertiary/aromatic N) is 2. The van der Waals surface area contributed by atoms with Gasteiger partial charge in [0.2, 0.25) is 5.43 Å². The zero-order valence-corrected chi connectivity index (χ0v) is 22.0. The van der Waals surface area contributed by atoms with Crippen LogP contribution in [0.2, 0.25) is 0 Å². The molecule has 204 valence electrons. The average molecular weight is 558 g/mol. The lowest BCUT2D eigenvalue weighted by Crippen LogP contribution is -2.49. The Morgan fingerprint density at radius 2 is 2.00 bits per heavy atom. The number of nitrogen functional groups attached to an aromatic ring is 1. The first-order chi connectivity index (χ1) is 18.5. The Labute approximate surface area is 226 Å². The van der Waals surface area contributed by atoms with Gasteiger partial charge in [-0.25, -0.2) is 0 Å². The van der Waals surface area contributed by atoms with Gasteiger partial charge in [0.25, 0.3) is 5.91 Å². The highest BCUT2D eigenvalue weighted by molar-refractivity contribution is 7.98. The number of rotatable bonds is 5. The number of nitrogens with two attached hydrogens (primary N) is 1. The Bertz CT molecular complexity index is 1630. The highest BCUT2D eigenvalue weighted by atomic mass is 32.2. The molecule has 0 aliphatic carbocycles. The summed E-state index contributed by atoms with van der Waals surface area (Å²) in [7, 11) is 0. The van der Waals surface area contributed by atoms with Crippen LogP contribution in [-0.4, -0.2) is 39.4 Å². The average Bonchev–Trinajstić information content (AvgIpc) is 3.19. The van der Waals surface area contributed by atoms with Crippen molar-refractivity contribution in [3.63, 3.8) is 0 Å². The van der Waals surface area contributed by atoms with Gasteiger partial charge in [-0.2, -0.15) is 13.2 Å². The Morgan fingerprint density at radius 3 is 2.74 bits per heavy atom. The Hall–Kier alpha value is -3.86. The highest BCUT2D eigenvalue weighted by Crippen LogP contribution is 2.45. The van der Waals surface area contributed by atoms with Crippen molar-refractivity contribution in [2.24, 2.45) is 0 Å². The van der Waals surface area contributed by atoms with Crippen molar-refractivity contribution in [3.8, 4) is 5.75 Å². The van der Waals surface area contributed by atoms with Crippen molar-refractivity contribution in [2.75, 3.05) is 12.4 Å². The fourth-order valence-electron chi connectivity index (χ4n) is 5.12. The molecule has 0 unspecified atom stereocenters. The van der Waals surface area contributed by atoms with Crippen LogP contribution in [0.1, 0.15) is 52.2 Å². The number of benzene rings is 2. The van der Waals surface area contributed by atoms with Crippen molar-refractivity contribution in [3.05, 3.63) is 93.1 Å². The summed E-state index contributed by atoms with van der Waals surface area (Å²) in [5.74, 6) is 4.54. The third-order valence-corrected chi connectivity index (χ3v) is 8.27. The van der Waals surface area contributed by atoms with Gasteiger partial charge in [-0.3, -0.25) is 14.3 Å². The fourth-order valence-corrected chi connectivity index (χ4v) is 6.23. The van der Waals surface area contributed by atoms with E-state index in [0.717, 1.165) is 46.2 Å². The number of furan rings is 1. The first-order valence-corrected chi connectivity index (χ1v) is 13.3. The van der Waals surface area contributed by atoms with Gasteiger partial charge >= 0.3 is 6.18 Å². The quantitative estimate of drug-likeness (QED) is 0.313. The molecule has 1 aliphatic heterocycles. The SMILES string of the molecule is Cc1cc2ccc3c(c2o1)[C@H](CCN(C(=O)c1c(O)c(=O)ccn1N)[C@H](C)C(F)(F)F)c1ccccc1SC3. The maximum absolute atomic E-state index is 14.0. The van der Waals surface area contributed by atoms with Gasteiger partial charge in [0.05, 0.1) is 0 Å². The summed E-state index contributed by atoms with van der Waals surface area (Å²) in [6, 6.07) is 12.3. The van der Waals surface area contributed by atoms with Gasteiger partial charge in [0, 0.05) is 46.3 Å². The number of fused-ring (bicyclic) bond motifs is 4. The van der Waals surface area contributed by atoms with Crippen LogP contribution in [0.5, 0.6) is 5.75 Å². The molecule has 2 aromatic heterocycles. The van der Waals surface area contributed by atoms with Crippen LogP contribution in [0.15, 0.2) is 68.8 Å². The van der Waals surface area contributed by atoms with Crippen LogP contribution in [-0.2, 0) is 5.75 Å². The number of aromatic hydroxyl groups is 1. The van der Waals surface area contributed by atoms with E-state index in [1.807, 2.05) is 49.4 Å². The van der Waals surface area contributed by atoms with E-state index in [2.05, 4.69) is 0 Å². The molecular formula is C28H26F3N3O4S. The summed E-state index contributed by atoms with van der Waals surface area (Å²) in [4.78, 5) is 27.1. The fraction of sp³-hybridized carbons (Fsp3) is 0.286. The molecule has 1 aliphatic rings. The van der Waals surface area contributed by atoms with Crippen LogP contribution in [0, 0.1) is 6.92 Å². The molecule has 0 bridgehead atoms. The number of carbonyl (C=O) groups excluding carboxylic acids is 1. The number of amides is 1. The van der Waals surface area contributed by atoms with Crippen molar-refractivity contribution >= 4 is 28.6 Å².